The summed E-state index contributed by atoms with van der Waals surface area (Å²) in [6, 6.07) is 13.1. The summed E-state index contributed by atoms with van der Waals surface area (Å²) < 4.78 is 33.8. The molecule has 126 valence electrons. The highest BCUT2D eigenvalue weighted by Gasteiger charge is 2.23. The Labute approximate surface area is 142 Å². The third kappa shape index (κ3) is 2.76. The lowest BCUT2D eigenvalue weighted by Gasteiger charge is -2.04. The predicted octanol–water partition coefficient (Wildman–Crippen LogP) is 2.44. The Morgan fingerprint density at radius 2 is 1.92 bits per heavy atom. The van der Waals surface area contributed by atoms with Crippen molar-refractivity contribution in [1.29, 1.82) is 0 Å². The lowest BCUT2D eigenvalue weighted by atomic mass is 10.1. The minimum absolute atomic E-state index is 0.200. The molecular weight excluding hydrogens is 342 g/mol. The maximum Gasteiger partial charge on any atom is 0.297 e. The van der Waals surface area contributed by atoms with Crippen LogP contribution < -0.4 is 4.72 Å². The molecule has 25 heavy (non-hydrogen) atoms. The van der Waals surface area contributed by atoms with Gasteiger partial charge in [0, 0.05) is 35.6 Å². The summed E-state index contributed by atoms with van der Waals surface area (Å²) in [7, 11) is -2.34. The average molecular weight is 355 g/mol. The number of sulfonamides is 1. The highest BCUT2D eigenvalue weighted by atomic mass is 32.2. The van der Waals surface area contributed by atoms with Crippen molar-refractivity contribution in [3.63, 3.8) is 0 Å². The van der Waals surface area contributed by atoms with Crippen molar-refractivity contribution >= 4 is 37.8 Å². The molecule has 0 atom stereocenters. The largest absolute Gasteiger partial charge is 0.443 e. The lowest BCUT2D eigenvalue weighted by molar-refractivity contribution is 0.0981. The van der Waals surface area contributed by atoms with Crippen LogP contribution in [0.25, 0.3) is 21.9 Å². The Kier molecular flexibility index (Phi) is 3.36. The first-order chi connectivity index (χ1) is 11.9. The van der Waals surface area contributed by atoms with Gasteiger partial charge in [-0.05, 0) is 18.2 Å². The molecule has 2 aromatic heterocycles. The minimum Gasteiger partial charge on any atom is -0.443 e. The first-order valence-electron chi connectivity index (χ1n) is 7.41. The van der Waals surface area contributed by atoms with Gasteiger partial charge in [0.2, 0.25) is 5.09 Å². The summed E-state index contributed by atoms with van der Waals surface area (Å²) in [6.07, 6.45) is 1.81. The van der Waals surface area contributed by atoms with Crippen LogP contribution >= 0.6 is 0 Å². The van der Waals surface area contributed by atoms with E-state index >= 15 is 0 Å². The number of hydrogen-bond acceptors (Lipinski definition) is 5. The number of nitrogens with one attached hydrogen (secondary N) is 1. The second-order valence-corrected chi connectivity index (χ2v) is 7.23. The van der Waals surface area contributed by atoms with Crippen molar-refractivity contribution in [2.24, 2.45) is 7.05 Å². The smallest absolute Gasteiger partial charge is 0.297 e. The number of fused-ring (bicyclic) bond motifs is 2. The molecule has 0 bridgehead atoms. The Morgan fingerprint density at radius 1 is 1.12 bits per heavy atom. The fourth-order valence-electron chi connectivity index (χ4n) is 2.60. The molecular formula is C17H13N3O4S. The van der Waals surface area contributed by atoms with E-state index in [1.165, 1.54) is 6.07 Å². The van der Waals surface area contributed by atoms with Crippen LogP contribution in [0.3, 0.4) is 0 Å². The summed E-state index contributed by atoms with van der Waals surface area (Å²) >= 11 is 0. The number of carbonyl (C=O) groups is 1. The van der Waals surface area contributed by atoms with Crippen LogP contribution in [0, 0.1) is 0 Å². The molecule has 7 nitrogen and oxygen atoms in total. The molecule has 0 radical (unpaired) electrons. The Morgan fingerprint density at radius 3 is 2.72 bits per heavy atom. The van der Waals surface area contributed by atoms with Crippen molar-refractivity contribution in [1.82, 2.24) is 14.5 Å². The van der Waals surface area contributed by atoms with E-state index in [4.69, 9.17) is 4.42 Å². The van der Waals surface area contributed by atoms with Crippen LogP contribution in [-0.2, 0) is 17.1 Å². The van der Waals surface area contributed by atoms with Crippen LogP contribution in [0.1, 0.15) is 10.4 Å². The normalized spacial score (nSPS) is 11.9. The summed E-state index contributed by atoms with van der Waals surface area (Å²) in [5.74, 6) is -0.743. The quantitative estimate of drug-likeness (QED) is 0.609. The number of furan rings is 1. The SMILES string of the molecule is Cn1cc2ccc(C(=O)NS(=O)(=O)c3cc4ccccc4o3)cc2n1. The number of amides is 1. The standard InChI is InChI=1S/C17H13N3O4S/c1-20-10-13-7-6-12(8-14(13)18-20)17(21)19-25(22,23)16-9-11-4-2-3-5-15(11)24-16/h2-10H,1H3,(H,19,21). The maximum absolute atomic E-state index is 12.4. The molecule has 0 unspecified atom stereocenters. The fraction of sp³-hybridized carbons (Fsp3) is 0.0588. The van der Waals surface area contributed by atoms with Crippen molar-refractivity contribution in [2.75, 3.05) is 0 Å². The van der Waals surface area contributed by atoms with Gasteiger partial charge < -0.3 is 4.42 Å². The number of aryl methyl sites for hydroxylation is 1. The molecule has 1 N–H and O–H groups in total. The summed E-state index contributed by atoms with van der Waals surface area (Å²) in [4.78, 5) is 12.3. The number of para-hydroxylation sites is 1. The molecule has 4 aromatic rings. The second-order valence-electron chi connectivity index (χ2n) is 5.61. The lowest BCUT2D eigenvalue weighted by Crippen LogP contribution is -2.30. The van der Waals surface area contributed by atoms with Crippen molar-refractivity contribution < 1.29 is 17.6 Å². The third-order valence-corrected chi connectivity index (χ3v) is 4.96. The van der Waals surface area contributed by atoms with Crippen LogP contribution in [0.5, 0.6) is 0 Å². The van der Waals surface area contributed by atoms with E-state index in [2.05, 4.69) is 5.10 Å². The average Bonchev–Trinajstić information content (AvgIpc) is 3.16. The third-order valence-electron chi connectivity index (χ3n) is 3.78. The Balaban J connectivity index is 1.65. The van der Waals surface area contributed by atoms with E-state index in [-0.39, 0.29) is 10.7 Å². The van der Waals surface area contributed by atoms with Crippen molar-refractivity contribution in [3.8, 4) is 0 Å². The van der Waals surface area contributed by atoms with E-state index < -0.39 is 15.9 Å². The Hall–Kier alpha value is -3.13. The monoisotopic (exact) mass is 355 g/mol. The van der Waals surface area contributed by atoms with Crippen molar-refractivity contribution in [2.45, 2.75) is 5.09 Å². The molecule has 8 heteroatoms. The first-order valence-corrected chi connectivity index (χ1v) is 8.90. The number of nitrogens with zero attached hydrogens (tertiary/aromatic N) is 2. The van der Waals surface area contributed by atoms with Gasteiger partial charge in [0.1, 0.15) is 5.58 Å². The van der Waals surface area contributed by atoms with E-state index in [1.807, 2.05) is 10.9 Å². The molecule has 4 rings (SSSR count). The van der Waals surface area contributed by atoms with Crippen molar-refractivity contribution in [3.05, 3.63) is 60.3 Å². The van der Waals surface area contributed by atoms with E-state index in [9.17, 15) is 13.2 Å². The number of benzene rings is 2. The first kappa shape index (κ1) is 15.4. The molecule has 2 aromatic carbocycles. The van der Waals surface area contributed by atoms with Gasteiger partial charge in [-0.15, -0.1) is 0 Å². The van der Waals surface area contributed by atoms with Crippen LogP contribution in [-0.4, -0.2) is 24.1 Å². The minimum atomic E-state index is -4.11. The fourth-order valence-corrected chi connectivity index (χ4v) is 3.55. The van der Waals surface area contributed by atoms with Gasteiger partial charge >= 0.3 is 0 Å². The van der Waals surface area contributed by atoms with Crippen LogP contribution in [0.2, 0.25) is 0 Å². The number of rotatable bonds is 3. The summed E-state index contributed by atoms with van der Waals surface area (Å²) in [5.41, 5.74) is 1.24. The molecule has 2 heterocycles. The molecule has 0 aliphatic heterocycles. The molecule has 0 fully saturated rings. The number of hydrogen-bond donors (Lipinski definition) is 1. The zero-order valence-electron chi connectivity index (χ0n) is 13.1. The number of aromatic nitrogens is 2. The predicted molar refractivity (Wildman–Crippen MR) is 91.6 cm³/mol. The topological polar surface area (TPSA) is 94.2 Å². The van der Waals surface area contributed by atoms with E-state index in [0.29, 0.717) is 16.5 Å². The summed E-state index contributed by atoms with van der Waals surface area (Å²) in [6.45, 7) is 0. The highest BCUT2D eigenvalue weighted by Crippen LogP contribution is 2.22. The van der Waals surface area contributed by atoms with Gasteiger partial charge in [0.15, 0.2) is 0 Å². The second kappa shape index (κ2) is 5.45. The molecule has 0 saturated carbocycles. The van der Waals surface area contributed by atoms with Gasteiger partial charge in [-0.3, -0.25) is 9.48 Å². The number of carbonyl (C=O) groups excluding carboxylic acids is 1. The van der Waals surface area contributed by atoms with E-state index in [0.717, 1.165) is 5.39 Å². The molecule has 0 aliphatic rings. The highest BCUT2D eigenvalue weighted by molar-refractivity contribution is 7.90. The maximum atomic E-state index is 12.4. The van der Waals surface area contributed by atoms with E-state index in [1.54, 1.807) is 54.2 Å². The zero-order valence-corrected chi connectivity index (χ0v) is 13.9. The summed E-state index contributed by atoms with van der Waals surface area (Å²) in [5, 5.41) is 5.41. The van der Waals surface area contributed by atoms with Gasteiger partial charge in [-0.25, -0.2) is 4.72 Å². The molecule has 1 amide bonds. The molecule has 0 spiro atoms. The molecule has 0 saturated heterocycles. The van der Waals surface area contributed by atoms with Gasteiger partial charge in [-0.2, -0.15) is 13.5 Å². The van der Waals surface area contributed by atoms with Gasteiger partial charge in [0.25, 0.3) is 15.9 Å². The Bertz CT molecular complexity index is 1190. The van der Waals surface area contributed by atoms with Gasteiger partial charge in [-0.1, -0.05) is 24.3 Å². The zero-order chi connectivity index (χ0) is 17.6. The van der Waals surface area contributed by atoms with Gasteiger partial charge in [0.05, 0.1) is 5.52 Å². The van der Waals surface area contributed by atoms with Crippen LogP contribution in [0.4, 0.5) is 0 Å². The molecule has 0 aliphatic carbocycles. The van der Waals surface area contributed by atoms with Crippen LogP contribution in [0.15, 0.2) is 64.2 Å².